The van der Waals surface area contributed by atoms with E-state index in [4.69, 9.17) is 0 Å². The highest BCUT2D eigenvalue weighted by molar-refractivity contribution is 5.91. The molecule has 3 aromatic rings. The standard InChI is InChI=1S/C25H28N4O/c1-19-11-13-21(14-12-19)23-17-22(20-9-5-4-6-10-20)26-25(27-23)28-24(30)18-29-15-7-2-3-8-16-29/h4-6,9-14,17H,2-3,7-8,15-16,18H2,1H3,(H,26,27,28,30). The average Bonchev–Trinajstić information content (AvgIpc) is 3.03. The number of benzene rings is 2. The van der Waals surface area contributed by atoms with E-state index in [2.05, 4.69) is 51.4 Å². The SMILES string of the molecule is Cc1ccc(-c2cc(-c3ccccc3)nc(NC(=O)CN3CCCCCC3)n2)cc1. The van der Waals surface area contributed by atoms with Crippen LogP contribution in [0.5, 0.6) is 0 Å². The summed E-state index contributed by atoms with van der Waals surface area (Å²) in [5, 5.41) is 2.94. The number of carbonyl (C=O) groups is 1. The molecule has 154 valence electrons. The summed E-state index contributed by atoms with van der Waals surface area (Å²) in [7, 11) is 0. The minimum absolute atomic E-state index is 0.0584. The number of nitrogens with zero attached hydrogens (tertiary/aromatic N) is 3. The Balaban J connectivity index is 1.60. The quantitative estimate of drug-likeness (QED) is 0.659. The van der Waals surface area contributed by atoms with Gasteiger partial charge in [0.1, 0.15) is 0 Å². The van der Waals surface area contributed by atoms with Crippen molar-refractivity contribution in [3.8, 4) is 22.5 Å². The molecule has 1 aliphatic rings. The van der Waals surface area contributed by atoms with Crippen LogP contribution in [0, 0.1) is 6.92 Å². The highest BCUT2D eigenvalue weighted by Gasteiger charge is 2.15. The van der Waals surface area contributed by atoms with Gasteiger partial charge < -0.3 is 0 Å². The molecule has 4 rings (SSSR count). The summed E-state index contributed by atoms with van der Waals surface area (Å²) < 4.78 is 0. The number of amides is 1. The molecule has 0 atom stereocenters. The fourth-order valence-corrected chi connectivity index (χ4v) is 3.79. The van der Waals surface area contributed by atoms with Crippen LogP contribution in [0.3, 0.4) is 0 Å². The zero-order valence-corrected chi connectivity index (χ0v) is 17.5. The summed E-state index contributed by atoms with van der Waals surface area (Å²) in [6, 6.07) is 20.2. The van der Waals surface area contributed by atoms with E-state index in [1.54, 1.807) is 0 Å². The molecule has 1 aliphatic heterocycles. The zero-order chi connectivity index (χ0) is 20.8. The molecule has 0 bridgehead atoms. The van der Waals surface area contributed by atoms with Gasteiger partial charge in [-0.1, -0.05) is 73.0 Å². The third-order valence-electron chi connectivity index (χ3n) is 5.46. The number of anilines is 1. The number of carbonyl (C=O) groups excluding carboxylic acids is 1. The second kappa shape index (κ2) is 9.63. The summed E-state index contributed by atoms with van der Waals surface area (Å²) in [4.78, 5) is 24.2. The molecule has 30 heavy (non-hydrogen) atoms. The van der Waals surface area contributed by atoms with Crippen LogP contribution >= 0.6 is 0 Å². The van der Waals surface area contributed by atoms with Crippen molar-refractivity contribution in [1.82, 2.24) is 14.9 Å². The number of hydrogen-bond acceptors (Lipinski definition) is 4. The second-order valence-electron chi connectivity index (χ2n) is 7.93. The maximum atomic E-state index is 12.7. The lowest BCUT2D eigenvalue weighted by molar-refractivity contribution is -0.117. The van der Waals surface area contributed by atoms with Gasteiger partial charge in [0.25, 0.3) is 0 Å². The van der Waals surface area contributed by atoms with Crippen LogP contribution in [0.25, 0.3) is 22.5 Å². The lowest BCUT2D eigenvalue weighted by Gasteiger charge is -2.18. The smallest absolute Gasteiger partial charge is 0.240 e. The van der Waals surface area contributed by atoms with Crippen LogP contribution in [0.2, 0.25) is 0 Å². The van der Waals surface area contributed by atoms with E-state index >= 15 is 0 Å². The fraction of sp³-hybridized carbons (Fsp3) is 0.320. The number of nitrogens with one attached hydrogen (secondary N) is 1. The van der Waals surface area contributed by atoms with Gasteiger partial charge in [-0.25, -0.2) is 9.97 Å². The Morgan fingerprint density at radius 1 is 0.867 bits per heavy atom. The van der Waals surface area contributed by atoms with Crippen LogP contribution in [0.4, 0.5) is 5.95 Å². The Morgan fingerprint density at radius 3 is 2.10 bits per heavy atom. The molecular formula is C25H28N4O. The van der Waals surface area contributed by atoms with Crippen molar-refractivity contribution in [1.29, 1.82) is 0 Å². The van der Waals surface area contributed by atoms with Gasteiger partial charge >= 0.3 is 0 Å². The predicted molar refractivity (Wildman–Crippen MR) is 121 cm³/mol. The van der Waals surface area contributed by atoms with E-state index in [0.717, 1.165) is 48.4 Å². The molecule has 0 unspecified atom stereocenters. The second-order valence-corrected chi connectivity index (χ2v) is 7.93. The molecule has 2 aromatic carbocycles. The van der Waals surface area contributed by atoms with E-state index in [-0.39, 0.29) is 5.91 Å². The molecule has 0 aliphatic carbocycles. The Hall–Kier alpha value is -3.05. The highest BCUT2D eigenvalue weighted by Crippen LogP contribution is 2.25. The van der Waals surface area contributed by atoms with Gasteiger partial charge in [-0.15, -0.1) is 0 Å². The molecule has 1 amide bonds. The van der Waals surface area contributed by atoms with Gasteiger partial charge in [-0.05, 0) is 38.9 Å². The van der Waals surface area contributed by atoms with Crippen molar-refractivity contribution in [2.45, 2.75) is 32.6 Å². The Bertz CT molecular complexity index is 978. The van der Waals surface area contributed by atoms with E-state index in [1.165, 1.54) is 18.4 Å². The monoisotopic (exact) mass is 400 g/mol. The molecule has 0 radical (unpaired) electrons. The van der Waals surface area contributed by atoms with Crippen molar-refractivity contribution >= 4 is 11.9 Å². The van der Waals surface area contributed by atoms with Crippen molar-refractivity contribution in [2.75, 3.05) is 25.0 Å². The van der Waals surface area contributed by atoms with E-state index in [1.807, 2.05) is 36.4 Å². The third-order valence-corrected chi connectivity index (χ3v) is 5.46. The van der Waals surface area contributed by atoms with Crippen molar-refractivity contribution in [2.24, 2.45) is 0 Å². The van der Waals surface area contributed by atoms with Gasteiger partial charge in [-0.2, -0.15) is 0 Å². The third kappa shape index (κ3) is 5.30. The maximum Gasteiger partial charge on any atom is 0.240 e. The first-order valence-electron chi connectivity index (χ1n) is 10.7. The first-order chi connectivity index (χ1) is 14.7. The number of aryl methyl sites for hydroxylation is 1. The summed E-state index contributed by atoms with van der Waals surface area (Å²) >= 11 is 0. The summed E-state index contributed by atoms with van der Waals surface area (Å²) in [6.07, 6.45) is 4.82. The summed E-state index contributed by atoms with van der Waals surface area (Å²) in [6.45, 7) is 4.41. The molecule has 1 fully saturated rings. The van der Waals surface area contributed by atoms with Gasteiger partial charge in [0.2, 0.25) is 11.9 Å². The number of rotatable bonds is 5. The van der Waals surface area contributed by atoms with Crippen LogP contribution in [0.15, 0.2) is 60.7 Å². The number of likely N-dealkylation sites (tertiary alicyclic amines) is 1. The Labute approximate surface area is 178 Å². The summed E-state index contributed by atoms with van der Waals surface area (Å²) in [5.74, 6) is 0.295. The number of aromatic nitrogens is 2. The van der Waals surface area contributed by atoms with Crippen molar-refractivity contribution in [3.63, 3.8) is 0 Å². The van der Waals surface area contributed by atoms with E-state index in [9.17, 15) is 4.79 Å². The molecule has 0 saturated carbocycles. The average molecular weight is 401 g/mol. The maximum absolute atomic E-state index is 12.7. The molecule has 1 N–H and O–H groups in total. The van der Waals surface area contributed by atoms with Crippen LogP contribution in [-0.4, -0.2) is 40.4 Å². The van der Waals surface area contributed by atoms with Gasteiger partial charge in [-0.3, -0.25) is 15.0 Å². The van der Waals surface area contributed by atoms with Crippen LogP contribution in [-0.2, 0) is 4.79 Å². The Kier molecular flexibility index (Phi) is 6.50. The Morgan fingerprint density at radius 2 is 1.47 bits per heavy atom. The molecule has 1 aromatic heterocycles. The molecular weight excluding hydrogens is 372 g/mol. The van der Waals surface area contributed by atoms with E-state index in [0.29, 0.717) is 12.5 Å². The largest absolute Gasteiger partial charge is 0.295 e. The summed E-state index contributed by atoms with van der Waals surface area (Å²) in [5.41, 5.74) is 4.79. The topological polar surface area (TPSA) is 58.1 Å². The molecule has 2 heterocycles. The van der Waals surface area contributed by atoms with E-state index < -0.39 is 0 Å². The first-order valence-corrected chi connectivity index (χ1v) is 10.7. The zero-order valence-electron chi connectivity index (χ0n) is 17.5. The van der Waals surface area contributed by atoms with Gasteiger partial charge in [0.05, 0.1) is 17.9 Å². The van der Waals surface area contributed by atoms with Crippen LogP contribution < -0.4 is 5.32 Å². The predicted octanol–water partition coefficient (Wildman–Crippen LogP) is 4.93. The normalized spacial score (nSPS) is 14.8. The molecule has 5 heteroatoms. The van der Waals surface area contributed by atoms with Crippen molar-refractivity contribution in [3.05, 3.63) is 66.2 Å². The highest BCUT2D eigenvalue weighted by atomic mass is 16.2. The van der Waals surface area contributed by atoms with Gasteiger partial charge in [0, 0.05) is 11.1 Å². The molecule has 0 spiro atoms. The fourth-order valence-electron chi connectivity index (χ4n) is 3.79. The number of hydrogen-bond donors (Lipinski definition) is 1. The van der Waals surface area contributed by atoms with Crippen LogP contribution in [0.1, 0.15) is 31.2 Å². The molecule has 1 saturated heterocycles. The lowest BCUT2D eigenvalue weighted by atomic mass is 10.1. The minimum atomic E-state index is -0.0584. The minimum Gasteiger partial charge on any atom is -0.295 e. The first kappa shape index (κ1) is 20.2. The molecule has 5 nitrogen and oxygen atoms in total. The lowest BCUT2D eigenvalue weighted by Crippen LogP contribution is -2.34. The van der Waals surface area contributed by atoms with Crippen molar-refractivity contribution < 1.29 is 4.79 Å². The van der Waals surface area contributed by atoms with Gasteiger partial charge in [0.15, 0.2) is 0 Å².